The van der Waals surface area contributed by atoms with Crippen LogP contribution in [-0.4, -0.2) is 22.8 Å². The first-order valence-corrected chi connectivity index (χ1v) is 5.89. The molecule has 1 unspecified atom stereocenters. The fourth-order valence-corrected chi connectivity index (χ4v) is 1.89. The molecule has 0 radical (unpaired) electrons. The van der Waals surface area contributed by atoms with Gasteiger partial charge in [0.05, 0.1) is 5.60 Å². The van der Waals surface area contributed by atoms with Gasteiger partial charge in [-0.3, -0.25) is 4.79 Å². The van der Waals surface area contributed by atoms with Gasteiger partial charge in [-0.2, -0.15) is 0 Å². The van der Waals surface area contributed by atoms with Crippen LogP contribution in [0.3, 0.4) is 0 Å². The molecule has 0 saturated carbocycles. The lowest BCUT2D eigenvalue weighted by Crippen LogP contribution is -2.17. The molecule has 1 aliphatic heterocycles. The van der Waals surface area contributed by atoms with Crippen molar-refractivity contribution in [2.45, 2.75) is 70.5 Å². The molecule has 0 aromatic carbocycles. The van der Waals surface area contributed by atoms with E-state index in [4.69, 9.17) is 4.74 Å². The zero-order chi connectivity index (χ0) is 11.3. The molecule has 1 aliphatic rings. The summed E-state index contributed by atoms with van der Waals surface area (Å²) in [6, 6.07) is 0. The third-order valence-corrected chi connectivity index (χ3v) is 2.78. The van der Waals surface area contributed by atoms with Crippen molar-refractivity contribution in [1.29, 1.82) is 0 Å². The molecular weight excluding hydrogens is 192 g/mol. The van der Waals surface area contributed by atoms with Crippen LogP contribution in [0.4, 0.5) is 0 Å². The first kappa shape index (κ1) is 12.5. The summed E-state index contributed by atoms with van der Waals surface area (Å²) in [5.41, 5.74) is -0.542. The zero-order valence-electron chi connectivity index (χ0n) is 9.79. The van der Waals surface area contributed by atoms with Crippen LogP contribution in [0.1, 0.15) is 58.8 Å². The van der Waals surface area contributed by atoms with Gasteiger partial charge < -0.3 is 9.84 Å². The molecule has 0 bridgehead atoms. The third-order valence-electron chi connectivity index (χ3n) is 2.78. The lowest BCUT2D eigenvalue weighted by Gasteiger charge is -2.16. The number of unbranched alkanes of at least 4 members (excludes halogenated alkanes) is 2. The maximum absolute atomic E-state index is 10.8. The van der Waals surface area contributed by atoms with Crippen molar-refractivity contribution in [3.63, 3.8) is 0 Å². The Kier molecular flexibility index (Phi) is 4.58. The highest BCUT2D eigenvalue weighted by molar-refractivity contribution is 5.71. The Morgan fingerprint density at radius 1 is 1.40 bits per heavy atom. The second-order valence-corrected chi connectivity index (χ2v) is 5.06. The summed E-state index contributed by atoms with van der Waals surface area (Å²) in [7, 11) is 0. The molecule has 1 fully saturated rings. The second kappa shape index (κ2) is 5.50. The fourth-order valence-electron chi connectivity index (χ4n) is 1.89. The molecular formula is C12H22O3. The van der Waals surface area contributed by atoms with Crippen molar-refractivity contribution < 1.29 is 14.6 Å². The zero-order valence-corrected chi connectivity index (χ0v) is 9.79. The van der Waals surface area contributed by atoms with E-state index in [2.05, 4.69) is 0 Å². The van der Waals surface area contributed by atoms with Gasteiger partial charge in [0, 0.05) is 6.42 Å². The SMILES string of the molecule is CC(C)(O)CCCCCC1CCC(=O)O1. The number of hydrogen-bond acceptors (Lipinski definition) is 3. The fraction of sp³-hybridized carbons (Fsp3) is 0.917. The minimum absolute atomic E-state index is 0.0449. The van der Waals surface area contributed by atoms with Crippen molar-refractivity contribution >= 4 is 5.97 Å². The van der Waals surface area contributed by atoms with Gasteiger partial charge in [-0.1, -0.05) is 12.8 Å². The minimum atomic E-state index is -0.542. The maximum Gasteiger partial charge on any atom is 0.306 e. The molecule has 1 N–H and O–H groups in total. The van der Waals surface area contributed by atoms with Crippen LogP contribution >= 0.6 is 0 Å². The molecule has 1 rings (SSSR count). The van der Waals surface area contributed by atoms with E-state index in [-0.39, 0.29) is 12.1 Å². The van der Waals surface area contributed by atoms with E-state index in [1.165, 1.54) is 0 Å². The summed E-state index contributed by atoms with van der Waals surface area (Å²) in [6.07, 6.45) is 6.73. The van der Waals surface area contributed by atoms with Gasteiger partial charge in [0.2, 0.25) is 0 Å². The van der Waals surface area contributed by atoms with Gasteiger partial charge in [0.25, 0.3) is 0 Å². The van der Waals surface area contributed by atoms with Crippen molar-refractivity contribution in [2.75, 3.05) is 0 Å². The average Bonchev–Trinajstić information content (AvgIpc) is 2.49. The van der Waals surface area contributed by atoms with Gasteiger partial charge in [0.1, 0.15) is 6.10 Å². The molecule has 1 heterocycles. The number of ether oxygens (including phenoxy) is 1. The number of rotatable bonds is 6. The van der Waals surface area contributed by atoms with E-state index in [0.29, 0.717) is 6.42 Å². The van der Waals surface area contributed by atoms with E-state index in [0.717, 1.165) is 38.5 Å². The Morgan fingerprint density at radius 3 is 2.67 bits per heavy atom. The Morgan fingerprint density at radius 2 is 2.13 bits per heavy atom. The Hall–Kier alpha value is -0.570. The Bertz CT molecular complexity index is 205. The van der Waals surface area contributed by atoms with Crippen LogP contribution in [-0.2, 0) is 9.53 Å². The summed E-state index contributed by atoms with van der Waals surface area (Å²) < 4.78 is 5.12. The second-order valence-electron chi connectivity index (χ2n) is 5.06. The highest BCUT2D eigenvalue weighted by atomic mass is 16.5. The monoisotopic (exact) mass is 214 g/mol. The first-order valence-electron chi connectivity index (χ1n) is 5.89. The summed E-state index contributed by atoms with van der Waals surface area (Å²) >= 11 is 0. The van der Waals surface area contributed by atoms with Crippen molar-refractivity contribution in [3.05, 3.63) is 0 Å². The molecule has 0 spiro atoms. The third kappa shape index (κ3) is 5.78. The van der Waals surface area contributed by atoms with E-state index >= 15 is 0 Å². The summed E-state index contributed by atoms with van der Waals surface area (Å²) in [4.78, 5) is 10.8. The molecule has 15 heavy (non-hydrogen) atoms. The van der Waals surface area contributed by atoms with E-state index < -0.39 is 5.60 Å². The standard InChI is InChI=1S/C12H22O3/c1-12(2,14)9-5-3-4-6-10-7-8-11(13)15-10/h10,14H,3-9H2,1-2H3. The van der Waals surface area contributed by atoms with Crippen LogP contribution in [0.15, 0.2) is 0 Å². The van der Waals surface area contributed by atoms with Gasteiger partial charge in [-0.25, -0.2) is 0 Å². The number of aliphatic hydroxyl groups is 1. The van der Waals surface area contributed by atoms with Crippen molar-refractivity contribution in [3.8, 4) is 0 Å². The van der Waals surface area contributed by atoms with E-state index in [1.54, 1.807) is 0 Å². The summed E-state index contributed by atoms with van der Waals surface area (Å²) in [6.45, 7) is 3.68. The number of carbonyl (C=O) groups is 1. The molecule has 3 nitrogen and oxygen atoms in total. The lowest BCUT2D eigenvalue weighted by atomic mass is 9.99. The quantitative estimate of drug-likeness (QED) is 0.545. The van der Waals surface area contributed by atoms with Crippen molar-refractivity contribution in [2.24, 2.45) is 0 Å². The molecule has 0 amide bonds. The Balaban J connectivity index is 1.95. The van der Waals surface area contributed by atoms with Crippen molar-refractivity contribution in [1.82, 2.24) is 0 Å². The predicted octanol–water partition coefficient (Wildman–Crippen LogP) is 2.41. The molecule has 88 valence electrons. The molecule has 3 heteroatoms. The van der Waals surface area contributed by atoms with Crippen LogP contribution in [0.2, 0.25) is 0 Å². The molecule has 1 atom stereocenters. The lowest BCUT2D eigenvalue weighted by molar-refractivity contribution is -0.141. The predicted molar refractivity (Wildman–Crippen MR) is 58.5 cm³/mol. The van der Waals surface area contributed by atoms with Crippen LogP contribution in [0, 0.1) is 0 Å². The average molecular weight is 214 g/mol. The minimum Gasteiger partial charge on any atom is -0.462 e. The maximum atomic E-state index is 10.8. The molecule has 0 aromatic rings. The van der Waals surface area contributed by atoms with E-state index in [9.17, 15) is 9.90 Å². The highest BCUT2D eigenvalue weighted by Crippen LogP contribution is 2.20. The highest BCUT2D eigenvalue weighted by Gasteiger charge is 2.22. The summed E-state index contributed by atoms with van der Waals surface area (Å²) in [5, 5.41) is 9.49. The molecule has 0 aromatic heterocycles. The summed E-state index contributed by atoms with van der Waals surface area (Å²) in [5.74, 6) is -0.0449. The Labute approximate surface area is 91.8 Å². The largest absolute Gasteiger partial charge is 0.462 e. The van der Waals surface area contributed by atoms with Crippen LogP contribution in [0.5, 0.6) is 0 Å². The van der Waals surface area contributed by atoms with Gasteiger partial charge in [0.15, 0.2) is 0 Å². The molecule has 1 saturated heterocycles. The van der Waals surface area contributed by atoms with Gasteiger partial charge in [-0.15, -0.1) is 0 Å². The molecule has 0 aliphatic carbocycles. The number of carbonyl (C=O) groups excluding carboxylic acids is 1. The van der Waals surface area contributed by atoms with Gasteiger partial charge >= 0.3 is 5.97 Å². The smallest absolute Gasteiger partial charge is 0.306 e. The first-order chi connectivity index (χ1) is 6.97. The van der Waals surface area contributed by atoms with Gasteiger partial charge in [-0.05, 0) is 39.5 Å². The topological polar surface area (TPSA) is 46.5 Å². The number of esters is 1. The number of hydrogen-bond donors (Lipinski definition) is 1. The van der Waals surface area contributed by atoms with Crippen LogP contribution < -0.4 is 0 Å². The normalized spacial score (nSPS) is 21.8. The van der Waals surface area contributed by atoms with Crippen LogP contribution in [0.25, 0.3) is 0 Å². The van der Waals surface area contributed by atoms with E-state index in [1.807, 2.05) is 13.8 Å². The number of cyclic esters (lactones) is 1.